The lowest BCUT2D eigenvalue weighted by Crippen LogP contribution is -2.51. The van der Waals surface area contributed by atoms with Crippen molar-refractivity contribution in [3.05, 3.63) is 0 Å². The fourth-order valence-electron chi connectivity index (χ4n) is 2.09. The Labute approximate surface area is 123 Å². The third-order valence-electron chi connectivity index (χ3n) is 3.10. The first kappa shape index (κ1) is 17.7. The van der Waals surface area contributed by atoms with Crippen molar-refractivity contribution < 1.29 is 29.2 Å². The van der Waals surface area contributed by atoms with E-state index in [1.165, 1.54) is 0 Å². The molecule has 1 aliphatic rings. The minimum absolute atomic E-state index is 0.0521. The number of rotatable bonds is 9. The van der Waals surface area contributed by atoms with Crippen LogP contribution in [0.2, 0.25) is 0 Å². The van der Waals surface area contributed by atoms with Crippen LogP contribution in [0.25, 0.3) is 0 Å². The lowest BCUT2D eigenvalue weighted by Gasteiger charge is -2.37. The van der Waals surface area contributed by atoms with Gasteiger partial charge in [0.05, 0.1) is 13.2 Å². The van der Waals surface area contributed by atoms with E-state index in [1.54, 1.807) is 13.8 Å². The lowest BCUT2D eigenvalue weighted by molar-refractivity contribution is -0.168. The molecular formula is C13H24O6S. The summed E-state index contributed by atoms with van der Waals surface area (Å²) < 4.78 is 16.5. The highest BCUT2D eigenvalue weighted by molar-refractivity contribution is 8.01. The molecule has 2 N–H and O–H groups in total. The highest BCUT2D eigenvalue weighted by Gasteiger charge is 2.49. The van der Waals surface area contributed by atoms with Crippen LogP contribution >= 0.6 is 11.8 Å². The molecule has 1 saturated heterocycles. The maximum Gasteiger partial charge on any atom is 0.349 e. The van der Waals surface area contributed by atoms with Gasteiger partial charge in [0.25, 0.3) is 0 Å². The first-order valence-electron chi connectivity index (χ1n) is 6.96. The number of aliphatic hydroxyl groups is 1. The number of thioether (sulfide) groups is 1. The number of aliphatic hydroxyl groups excluding tert-OH is 1. The number of carboxylic acid groups (broad SMARTS) is 1. The quantitative estimate of drug-likeness (QED) is 0.624. The van der Waals surface area contributed by atoms with E-state index < -0.39 is 17.0 Å². The van der Waals surface area contributed by atoms with Gasteiger partial charge in [0.2, 0.25) is 4.93 Å². The van der Waals surface area contributed by atoms with E-state index in [2.05, 4.69) is 0 Å². The second kappa shape index (κ2) is 8.84. The molecule has 6 nitrogen and oxygen atoms in total. The minimum Gasteiger partial charge on any atom is -0.478 e. The Morgan fingerprint density at radius 1 is 1.55 bits per heavy atom. The predicted octanol–water partition coefficient (Wildman–Crippen LogP) is 1.46. The molecule has 3 unspecified atom stereocenters. The molecular weight excluding hydrogens is 284 g/mol. The molecule has 0 aromatic carbocycles. The van der Waals surface area contributed by atoms with Crippen LogP contribution in [-0.2, 0) is 19.0 Å². The van der Waals surface area contributed by atoms with E-state index in [9.17, 15) is 9.90 Å². The van der Waals surface area contributed by atoms with Gasteiger partial charge in [-0.15, -0.1) is 0 Å². The molecule has 0 spiro atoms. The molecule has 0 aliphatic carbocycles. The molecule has 3 atom stereocenters. The average Bonchev–Trinajstić information content (AvgIpc) is 2.44. The van der Waals surface area contributed by atoms with Crippen LogP contribution in [0.1, 0.15) is 33.1 Å². The van der Waals surface area contributed by atoms with Gasteiger partial charge >= 0.3 is 5.97 Å². The van der Waals surface area contributed by atoms with Crippen LogP contribution in [0, 0.1) is 0 Å². The van der Waals surface area contributed by atoms with Crippen LogP contribution in [0.15, 0.2) is 0 Å². The van der Waals surface area contributed by atoms with Crippen molar-refractivity contribution in [1.29, 1.82) is 0 Å². The number of hydrogen-bond acceptors (Lipinski definition) is 6. The molecule has 1 fully saturated rings. The average molecular weight is 308 g/mol. The summed E-state index contributed by atoms with van der Waals surface area (Å²) in [6.45, 7) is 4.21. The fourth-order valence-corrected chi connectivity index (χ4v) is 3.44. The normalized spacial score (nSPS) is 24.1. The van der Waals surface area contributed by atoms with Gasteiger partial charge in [0.15, 0.2) is 0 Å². The molecule has 1 rings (SSSR count). The summed E-state index contributed by atoms with van der Waals surface area (Å²) in [6.07, 6.45) is 2.15. The zero-order valence-electron chi connectivity index (χ0n) is 12.0. The number of aliphatic carboxylic acids is 1. The second-order valence-corrected chi connectivity index (χ2v) is 5.92. The van der Waals surface area contributed by atoms with Gasteiger partial charge in [0, 0.05) is 13.2 Å². The number of hydrogen-bond donors (Lipinski definition) is 2. The summed E-state index contributed by atoms with van der Waals surface area (Å²) in [5.41, 5.74) is -0.221. The van der Waals surface area contributed by atoms with Crippen molar-refractivity contribution in [3.8, 4) is 0 Å². The summed E-state index contributed by atoms with van der Waals surface area (Å²) in [6, 6.07) is 0. The van der Waals surface area contributed by atoms with Crippen LogP contribution in [0.3, 0.4) is 0 Å². The van der Waals surface area contributed by atoms with Gasteiger partial charge in [-0.05, 0) is 33.1 Å². The fraction of sp³-hybridized carbons (Fsp3) is 0.923. The van der Waals surface area contributed by atoms with Crippen LogP contribution in [0.4, 0.5) is 0 Å². The molecule has 0 saturated carbocycles. The monoisotopic (exact) mass is 308 g/mol. The summed E-state index contributed by atoms with van der Waals surface area (Å²) in [7, 11) is 0. The largest absolute Gasteiger partial charge is 0.478 e. The van der Waals surface area contributed by atoms with Crippen molar-refractivity contribution in [2.24, 2.45) is 0 Å². The van der Waals surface area contributed by atoms with Gasteiger partial charge in [-0.1, -0.05) is 11.8 Å². The smallest absolute Gasteiger partial charge is 0.349 e. The van der Waals surface area contributed by atoms with E-state index in [0.717, 1.165) is 31.0 Å². The highest BCUT2D eigenvalue weighted by atomic mass is 32.2. The van der Waals surface area contributed by atoms with Crippen LogP contribution in [-0.4, -0.2) is 59.1 Å². The Morgan fingerprint density at radius 3 is 2.80 bits per heavy atom. The van der Waals surface area contributed by atoms with E-state index in [4.69, 9.17) is 19.3 Å². The highest BCUT2D eigenvalue weighted by Crippen LogP contribution is 2.39. The molecule has 0 aromatic heterocycles. The van der Waals surface area contributed by atoms with Crippen molar-refractivity contribution in [2.75, 3.05) is 26.4 Å². The molecule has 0 bridgehead atoms. The predicted molar refractivity (Wildman–Crippen MR) is 75.7 cm³/mol. The SMILES string of the molecule is CCOC(C)C(OCCO)(SC1CCCCO1)C(=O)O. The third-order valence-corrected chi connectivity index (χ3v) is 4.71. The Balaban J connectivity index is 2.85. The lowest BCUT2D eigenvalue weighted by atomic mass is 10.2. The standard InChI is InChI=1S/C13H24O6S/c1-3-17-10(2)13(12(15)16,19-9-7-14)20-11-6-4-5-8-18-11/h10-11,14H,3-9H2,1-2H3,(H,15,16). The van der Waals surface area contributed by atoms with Crippen molar-refractivity contribution in [3.63, 3.8) is 0 Å². The van der Waals surface area contributed by atoms with Gasteiger partial charge in [-0.25, -0.2) is 4.79 Å². The first-order chi connectivity index (χ1) is 9.56. The number of carboxylic acids is 1. The number of carbonyl (C=O) groups is 1. The molecule has 1 aliphatic heterocycles. The van der Waals surface area contributed by atoms with E-state index in [0.29, 0.717) is 13.2 Å². The molecule has 1 heterocycles. The summed E-state index contributed by atoms with van der Waals surface area (Å²) in [4.78, 5) is 10.2. The minimum atomic E-state index is -1.55. The summed E-state index contributed by atoms with van der Waals surface area (Å²) >= 11 is 1.13. The maximum absolute atomic E-state index is 11.8. The number of ether oxygens (including phenoxy) is 3. The first-order valence-corrected chi connectivity index (χ1v) is 7.84. The van der Waals surface area contributed by atoms with Crippen molar-refractivity contribution >= 4 is 17.7 Å². The third kappa shape index (κ3) is 4.60. The Hall–Kier alpha value is -0.340. The van der Waals surface area contributed by atoms with Gasteiger partial charge < -0.3 is 24.4 Å². The molecule has 7 heteroatoms. The van der Waals surface area contributed by atoms with E-state index in [-0.39, 0.29) is 18.6 Å². The maximum atomic E-state index is 11.8. The van der Waals surface area contributed by atoms with E-state index in [1.807, 2.05) is 0 Å². The molecule has 118 valence electrons. The Kier molecular flexibility index (Phi) is 7.83. The van der Waals surface area contributed by atoms with Crippen LogP contribution in [0.5, 0.6) is 0 Å². The Bertz CT molecular complexity index is 295. The van der Waals surface area contributed by atoms with Gasteiger partial charge in [-0.2, -0.15) is 0 Å². The zero-order valence-corrected chi connectivity index (χ0v) is 12.9. The van der Waals surface area contributed by atoms with E-state index >= 15 is 0 Å². The molecule has 0 radical (unpaired) electrons. The van der Waals surface area contributed by atoms with Gasteiger partial charge in [0.1, 0.15) is 11.5 Å². The zero-order chi connectivity index (χ0) is 15.0. The molecule has 0 amide bonds. The van der Waals surface area contributed by atoms with Crippen molar-refractivity contribution in [2.45, 2.75) is 49.6 Å². The summed E-state index contributed by atoms with van der Waals surface area (Å²) in [5.74, 6) is -1.11. The van der Waals surface area contributed by atoms with Crippen LogP contribution < -0.4 is 0 Å². The summed E-state index contributed by atoms with van der Waals surface area (Å²) in [5, 5.41) is 18.5. The van der Waals surface area contributed by atoms with Crippen molar-refractivity contribution in [1.82, 2.24) is 0 Å². The molecule has 20 heavy (non-hydrogen) atoms. The molecule has 0 aromatic rings. The van der Waals surface area contributed by atoms with Gasteiger partial charge in [-0.3, -0.25) is 0 Å². The second-order valence-electron chi connectivity index (χ2n) is 4.56. The Morgan fingerprint density at radius 2 is 2.30 bits per heavy atom. The topological polar surface area (TPSA) is 85.2 Å².